The zero-order valence-corrected chi connectivity index (χ0v) is 9.27. The van der Waals surface area contributed by atoms with Gasteiger partial charge in [-0.3, -0.25) is 0 Å². The zero-order valence-electron chi connectivity index (χ0n) is 9.27. The quantitative estimate of drug-likeness (QED) is 0.619. The second-order valence-electron chi connectivity index (χ2n) is 3.19. The summed E-state index contributed by atoms with van der Waals surface area (Å²) in [5, 5.41) is 9.81. The number of carbonyl (C=O) groups excluding carboxylic acids is 1. The number of hydrogen-bond acceptors (Lipinski definition) is 4. The first-order chi connectivity index (χ1) is 7.60. The van der Waals surface area contributed by atoms with Crippen LogP contribution in [0.25, 0.3) is 0 Å². The molecule has 0 fully saturated rings. The van der Waals surface area contributed by atoms with Crippen LogP contribution in [0.15, 0.2) is 36.4 Å². The van der Waals surface area contributed by atoms with Gasteiger partial charge in [-0.25, -0.2) is 4.79 Å². The third-order valence-electron chi connectivity index (χ3n) is 2.21. The molecule has 0 amide bonds. The highest BCUT2D eigenvalue weighted by molar-refractivity contribution is 5.88. The van der Waals surface area contributed by atoms with E-state index in [-0.39, 0.29) is 5.57 Å². The molecule has 4 nitrogen and oxygen atoms in total. The predicted octanol–water partition coefficient (Wildman–Crippen LogP) is 1.46. The number of hydrogen-bond donors (Lipinski definition) is 1. The maximum Gasteiger partial charge on any atom is 0.336 e. The minimum atomic E-state index is -1.06. The number of rotatable bonds is 4. The second-order valence-corrected chi connectivity index (χ2v) is 3.19. The molecule has 4 heteroatoms. The molecule has 0 spiro atoms. The van der Waals surface area contributed by atoms with Crippen molar-refractivity contribution < 1.29 is 19.4 Å². The molecule has 1 rings (SSSR count). The van der Waals surface area contributed by atoms with Crippen LogP contribution in [0.2, 0.25) is 0 Å². The lowest BCUT2D eigenvalue weighted by Crippen LogP contribution is -2.11. The number of ether oxygens (including phenoxy) is 2. The Morgan fingerprint density at radius 1 is 1.31 bits per heavy atom. The van der Waals surface area contributed by atoms with Crippen molar-refractivity contribution in [2.24, 2.45) is 0 Å². The fourth-order valence-corrected chi connectivity index (χ4v) is 1.23. The Morgan fingerprint density at radius 2 is 1.88 bits per heavy atom. The lowest BCUT2D eigenvalue weighted by atomic mass is 10.0. The molecule has 0 bridgehead atoms. The largest absolute Gasteiger partial charge is 0.497 e. The van der Waals surface area contributed by atoms with E-state index in [2.05, 4.69) is 11.3 Å². The third-order valence-corrected chi connectivity index (χ3v) is 2.21. The van der Waals surface area contributed by atoms with Crippen molar-refractivity contribution in [1.82, 2.24) is 0 Å². The first-order valence-corrected chi connectivity index (χ1v) is 4.69. The predicted molar refractivity (Wildman–Crippen MR) is 59.1 cm³/mol. The summed E-state index contributed by atoms with van der Waals surface area (Å²) in [6.45, 7) is 3.49. The average Bonchev–Trinajstić information content (AvgIpc) is 2.36. The number of benzene rings is 1. The van der Waals surface area contributed by atoms with Crippen molar-refractivity contribution in [1.29, 1.82) is 0 Å². The molecular weight excluding hydrogens is 208 g/mol. The normalized spacial score (nSPS) is 11.7. The van der Waals surface area contributed by atoms with Crippen LogP contribution in [0.1, 0.15) is 11.7 Å². The van der Waals surface area contributed by atoms with Crippen molar-refractivity contribution in [3.63, 3.8) is 0 Å². The van der Waals surface area contributed by atoms with Crippen molar-refractivity contribution >= 4 is 5.97 Å². The average molecular weight is 222 g/mol. The lowest BCUT2D eigenvalue weighted by Gasteiger charge is -2.12. The summed E-state index contributed by atoms with van der Waals surface area (Å²) in [5.74, 6) is 0.0583. The van der Waals surface area contributed by atoms with Gasteiger partial charge in [0.1, 0.15) is 11.9 Å². The van der Waals surface area contributed by atoms with Crippen LogP contribution in [-0.4, -0.2) is 25.3 Å². The van der Waals surface area contributed by atoms with Crippen molar-refractivity contribution in [3.8, 4) is 5.75 Å². The molecule has 0 aromatic heterocycles. The third kappa shape index (κ3) is 2.61. The second kappa shape index (κ2) is 5.32. The van der Waals surface area contributed by atoms with E-state index in [0.29, 0.717) is 11.3 Å². The zero-order chi connectivity index (χ0) is 12.1. The Hall–Kier alpha value is -1.81. The summed E-state index contributed by atoms with van der Waals surface area (Å²) in [7, 11) is 2.80. The van der Waals surface area contributed by atoms with Crippen molar-refractivity contribution in [2.75, 3.05) is 14.2 Å². The van der Waals surface area contributed by atoms with Crippen molar-refractivity contribution in [2.45, 2.75) is 6.10 Å². The van der Waals surface area contributed by atoms with Crippen LogP contribution in [-0.2, 0) is 9.53 Å². The summed E-state index contributed by atoms with van der Waals surface area (Å²) < 4.78 is 9.46. The lowest BCUT2D eigenvalue weighted by molar-refractivity contribution is -0.137. The van der Waals surface area contributed by atoms with E-state index < -0.39 is 12.1 Å². The number of aliphatic hydroxyl groups excluding tert-OH is 1. The van der Waals surface area contributed by atoms with E-state index in [0.717, 1.165) is 0 Å². The Labute approximate surface area is 94.1 Å². The summed E-state index contributed by atoms with van der Waals surface area (Å²) in [5.41, 5.74) is 0.573. The first kappa shape index (κ1) is 12.3. The minimum Gasteiger partial charge on any atom is -0.497 e. The highest BCUT2D eigenvalue weighted by Crippen LogP contribution is 2.23. The highest BCUT2D eigenvalue weighted by atomic mass is 16.5. The van der Waals surface area contributed by atoms with Gasteiger partial charge in [-0.2, -0.15) is 0 Å². The van der Waals surface area contributed by atoms with E-state index in [4.69, 9.17) is 4.74 Å². The summed E-state index contributed by atoms with van der Waals surface area (Å²) in [4.78, 5) is 11.1. The van der Waals surface area contributed by atoms with Gasteiger partial charge in [-0.05, 0) is 17.7 Å². The Bertz CT molecular complexity index is 381. The van der Waals surface area contributed by atoms with Gasteiger partial charge in [0.05, 0.1) is 19.8 Å². The van der Waals surface area contributed by atoms with Gasteiger partial charge in [0.15, 0.2) is 0 Å². The summed E-state index contributed by atoms with van der Waals surface area (Å²) in [6, 6.07) is 6.72. The Kier molecular flexibility index (Phi) is 4.08. The van der Waals surface area contributed by atoms with Gasteiger partial charge in [0.25, 0.3) is 0 Å². The highest BCUT2D eigenvalue weighted by Gasteiger charge is 2.18. The van der Waals surface area contributed by atoms with Gasteiger partial charge >= 0.3 is 5.97 Å². The summed E-state index contributed by atoms with van der Waals surface area (Å²) in [6.07, 6.45) is -1.06. The molecule has 0 aliphatic carbocycles. The fraction of sp³-hybridized carbons (Fsp3) is 0.250. The molecule has 16 heavy (non-hydrogen) atoms. The monoisotopic (exact) mass is 222 g/mol. The SMILES string of the molecule is C=C(C(=O)OC)[C@H](O)c1ccc(OC)cc1. The molecule has 0 saturated carbocycles. The molecule has 1 N–H and O–H groups in total. The van der Waals surface area contributed by atoms with Crippen molar-refractivity contribution in [3.05, 3.63) is 42.0 Å². The van der Waals surface area contributed by atoms with Crippen LogP contribution in [0, 0.1) is 0 Å². The number of carbonyl (C=O) groups is 1. The van der Waals surface area contributed by atoms with Crippen LogP contribution >= 0.6 is 0 Å². The molecule has 1 aromatic carbocycles. The molecule has 1 atom stereocenters. The van der Waals surface area contributed by atoms with Gasteiger partial charge in [-0.15, -0.1) is 0 Å². The topological polar surface area (TPSA) is 55.8 Å². The maximum absolute atomic E-state index is 11.1. The summed E-state index contributed by atoms with van der Waals surface area (Å²) >= 11 is 0. The molecule has 0 saturated heterocycles. The van der Waals surface area contributed by atoms with Gasteiger partial charge in [0, 0.05) is 0 Å². The molecule has 0 aliphatic heterocycles. The molecule has 0 heterocycles. The number of methoxy groups -OCH3 is 2. The molecule has 0 aliphatic rings. The minimum absolute atomic E-state index is 0.00710. The fourth-order valence-electron chi connectivity index (χ4n) is 1.23. The van der Waals surface area contributed by atoms with Crippen LogP contribution in [0.4, 0.5) is 0 Å². The van der Waals surface area contributed by atoms with Crippen LogP contribution in [0.3, 0.4) is 0 Å². The van der Waals surface area contributed by atoms with E-state index in [9.17, 15) is 9.90 Å². The molecule has 0 unspecified atom stereocenters. The van der Waals surface area contributed by atoms with E-state index >= 15 is 0 Å². The number of aliphatic hydroxyl groups is 1. The standard InChI is InChI=1S/C12H14O4/c1-8(12(14)16-3)11(13)9-4-6-10(15-2)7-5-9/h4-7,11,13H,1H2,2-3H3/t11-/m0/s1. The van der Waals surface area contributed by atoms with Gasteiger partial charge in [-0.1, -0.05) is 18.7 Å². The molecule has 0 radical (unpaired) electrons. The van der Waals surface area contributed by atoms with E-state index in [1.165, 1.54) is 7.11 Å². The van der Waals surface area contributed by atoms with Crippen LogP contribution in [0.5, 0.6) is 5.75 Å². The Morgan fingerprint density at radius 3 is 2.31 bits per heavy atom. The molecule has 1 aromatic rings. The smallest absolute Gasteiger partial charge is 0.336 e. The van der Waals surface area contributed by atoms with Gasteiger partial charge in [0.2, 0.25) is 0 Å². The number of esters is 1. The van der Waals surface area contributed by atoms with Gasteiger partial charge < -0.3 is 14.6 Å². The van der Waals surface area contributed by atoms with E-state index in [1.54, 1.807) is 31.4 Å². The van der Waals surface area contributed by atoms with Crippen LogP contribution < -0.4 is 4.74 Å². The first-order valence-electron chi connectivity index (χ1n) is 4.69. The maximum atomic E-state index is 11.1. The molecule has 86 valence electrons. The van der Waals surface area contributed by atoms with E-state index in [1.807, 2.05) is 0 Å². The Balaban J connectivity index is 2.83. The molecular formula is C12H14O4.